The zero-order valence-electron chi connectivity index (χ0n) is 18.6. The van der Waals surface area contributed by atoms with Gasteiger partial charge in [0.2, 0.25) is 0 Å². The fraction of sp³-hybridized carbons (Fsp3) is 0.391. The van der Waals surface area contributed by atoms with Crippen LogP contribution >= 0.6 is 11.6 Å². The Hall–Kier alpha value is -2.78. The molecule has 2 aromatic carbocycles. The van der Waals surface area contributed by atoms with E-state index >= 15 is 0 Å². The van der Waals surface area contributed by atoms with E-state index in [4.69, 9.17) is 26.2 Å². The molecule has 3 rings (SSSR count). The summed E-state index contributed by atoms with van der Waals surface area (Å²) in [4.78, 5) is 23.3. The van der Waals surface area contributed by atoms with E-state index in [1.165, 1.54) is 28.6 Å². The summed E-state index contributed by atoms with van der Waals surface area (Å²) in [6.07, 6.45) is -0.707. The number of nitrogens with zero attached hydrogens (tertiary/aromatic N) is 1. The summed E-state index contributed by atoms with van der Waals surface area (Å²) in [6, 6.07) is 10.6. The molecular weight excluding hydrogens is 470 g/mol. The van der Waals surface area contributed by atoms with Crippen molar-refractivity contribution in [1.29, 1.82) is 0 Å². The average molecular weight is 496 g/mol. The summed E-state index contributed by atoms with van der Waals surface area (Å²) >= 11 is 5.91. The van der Waals surface area contributed by atoms with Gasteiger partial charge in [0.25, 0.3) is 10.0 Å². The second-order valence-electron chi connectivity index (χ2n) is 8.73. The zero-order valence-corrected chi connectivity index (χ0v) is 20.1. The zero-order chi connectivity index (χ0) is 24.4. The number of rotatable bonds is 7. The fourth-order valence-corrected chi connectivity index (χ4v) is 5.03. The number of benzene rings is 2. The number of sulfonamides is 1. The number of aliphatic carboxylic acids is 1. The van der Waals surface area contributed by atoms with Gasteiger partial charge in [-0.25, -0.2) is 8.42 Å². The molecule has 33 heavy (non-hydrogen) atoms. The van der Waals surface area contributed by atoms with Gasteiger partial charge in [0.1, 0.15) is 17.5 Å². The second-order valence-corrected chi connectivity index (χ2v) is 11.0. The Morgan fingerprint density at radius 2 is 1.85 bits per heavy atom. The lowest BCUT2D eigenvalue weighted by Gasteiger charge is -2.35. The largest absolute Gasteiger partial charge is 0.486 e. The molecule has 0 saturated carbocycles. The first-order chi connectivity index (χ1) is 15.3. The Morgan fingerprint density at radius 3 is 2.45 bits per heavy atom. The lowest BCUT2D eigenvalue weighted by Crippen LogP contribution is -2.43. The molecule has 0 unspecified atom stereocenters. The SMILES string of the molecule is CC(C)(C)OC(=O)Cc1ccc2c(c1)N(S(=O)(=O)c1ccc(Cl)cc1)C[C@H](CCC(=O)O)O2. The van der Waals surface area contributed by atoms with E-state index in [9.17, 15) is 18.0 Å². The van der Waals surface area contributed by atoms with E-state index < -0.39 is 33.7 Å². The molecule has 8 nitrogen and oxygen atoms in total. The van der Waals surface area contributed by atoms with Gasteiger partial charge >= 0.3 is 11.9 Å². The summed E-state index contributed by atoms with van der Waals surface area (Å²) in [7, 11) is -4.01. The van der Waals surface area contributed by atoms with E-state index in [0.29, 0.717) is 16.3 Å². The van der Waals surface area contributed by atoms with Crippen LogP contribution in [0.2, 0.25) is 5.02 Å². The molecule has 10 heteroatoms. The third kappa shape index (κ3) is 6.39. The van der Waals surface area contributed by atoms with Crippen molar-refractivity contribution in [1.82, 2.24) is 0 Å². The molecule has 1 aliphatic heterocycles. The molecule has 0 fully saturated rings. The highest BCUT2D eigenvalue weighted by Gasteiger charge is 2.35. The van der Waals surface area contributed by atoms with Gasteiger partial charge in [0.15, 0.2) is 0 Å². The summed E-state index contributed by atoms with van der Waals surface area (Å²) < 4.78 is 39.4. The third-order valence-electron chi connectivity index (χ3n) is 4.81. The van der Waals surface area contributed by atoms with E-state index in [1.807, 2.05) is 0 Å². The Balaban J connectivity index is 1.97. The highest BCUT2D eigenvalue weighted by Crippen LogP contribution is 2.39. The molecular formula is C23H26ClNO7S. The van der Waals surface area contributed by atoms with Gasteiger partial charge in [-0.1, -0.05) is 17.7 Å². The first-order valence-electron chi connectivity index (χ1n) is 10.4. The maximum Gasteiger partial charge on any atom is 0.310 e. The Morgan fingerprint density at radius 1 is 1.18 bits per heavy atom. The molecule has 1 aliphatic rings. The molecule has 0 aliphatic carbocycles. The van der Waals surface area contributed by atoms with Gasteiger partial charge in [-0.05, 0) is 69.2 Å². The van der Waals surface area contributed by atoms with Crippen LogP contribution in [0.25, 0.3) is 0 Å². The molecule has 2 aromatic rings. The predicted molar refractivity (Wildman–Crippen MR) is 123 cm³/mol. The number of fused-ring (bicyclic) bond motifs is 1. The number of hydrogen-bond acceptors (Lipinski definition) is 6. The van der Waals surface area contributed by atoms with Crippen LogP contribution in [0.5, 0.6) is 5.75 Å². The Kier molecular flexibility index (Phi) is 7.23. The van der Waals surface area contributed by atoms with Gasteiger partial charge in [-0.15, -0.1) is 0 Å². The van der Waals surface area contributed by atoms with E-state index in [-0.39, 0.29) is 36.4 Å². The first-order valence-corrected chi connectivity index (χ1v) is 12.2. The van der Waals surface area contributed by atoms with Crippen molar-refractivity contribution in [3.63, 3.8) is 0 Å². The molecule has 1 heterocycles. The Labute approximate surface area is 198 Å². The number of ether oxygens (including phenoxy) is 2. The van der Waals surface area contributed by atoms with Gasteiger partial charge in [-0.2, -0.15) is 0 Å². The van der Waals surface area contributed by atoms with Crippen LogP contribution in [-0.4, -0.2) is 43.7 Å². The lowest BCUT2D eigenvalue weighted by atomic mass is 10.1. The molecule has 1 atom stereocenters. The monoisotopic (exact) mass is 495 g/mol. The van der Waals surface area contributed by atoms with Crippen molar-refractivity contribution in [3.05, 3.63) is 53.1 Å². The minimum atomic E-state index is -4.01. The minimum Gasteiger partial charge on any atom is -0.486 e. The van der Waals surface area contributed by atoms with Crippen molar-refractivity contribution in [3.8, 4) is 5.75 Å². The van der Waals surface area contributed by atoms with Crippen LogP contribution in [0.1, 0.15) is 39.2 Å². The summed E-state index contributed by atoms with van der Waals surface area (Å²) in [6.45, 7) is 5.23. The van der Waals surface area contributed by atoms with Crippen LogP contribution in [0, 0.1) is 0 Å². The average Bonchev–Trinajstić information content (AvgIpc) is 2.70. The number of carbonyl (C=O) groups is 2. The molecule has 0 radical (unpaired) electrons. The maximum atomic E-state index is 13.5. The molecule has 0 bridgehead atoms. The van der Waals surface area contributed by atoms with Crippen LogP contribution in [0.4, 0.5) is 5.69 Å². The lowest BCUT2D eigenvalue weighted by molar-refractivity contribution is -0.154. The molecule has 0 aromatic heterocycles. The number of carbonyl (C=O) groups excluding carboxylic acids is 1. The normalized spacial score (nSPS) is 16.0. The molecule has 178 valence electrons. The molecule has 0 spiro atoms. The third-order valence-corrected chi connectivity index (χ3v) is 6.85. The first kappa shape index (κ1) is 24.9. The fourth-order valence-electron chi connectivity index (χ4n) is 3.41. The predicted octanol–water partition coefficient (Wildman–Crippen LogP) is 4.05. The number of hydrogen-bond donors (Lipinski definition) is 1. The summed E-state index contributed by atoms with van der Waals surface area (Å²) in [5, 5.41) is 9.42. The van der Waals surface area contributed by atoms with Gasteiger partial charge in [0, 0.05) is 11.4 Å². The number of carboxylic acids is 1. The standard InChI is InChI=1S/C23H26ClNO7S/c1-23(2,3)32-22(28)13-15-4-10-20-19(12-15)25(14-17(31-20)7-11-21(26)27)33(29,30)18-8-5-16(24)6-9-18/h4-6,8-10,12,17H,7,11,13-14H2,1-3H3,(H,26,27)/t17-/m0/s1. The maximum absolute atomic E-state index is 13.5. The van der Waals surface area contributed by atoms with Gasteiger partial charge < -0.3 is 14.6 Å². The van der Waals surface area contributed by atoms with Gasteiger partial charge in [-0.3, -0.25) is 13.9 Å². The molecule has 0 saturated heterocycles. The van der Waals surface area contributed by atoms with E-state index in [0.717, 1.165) is 0 Å². The highest BCUT2D eigenvalue weighted by atomic mass is 35.5. The molecule has 0 amide bonds. The van der Waals surface area contributed by atoms with Gasteiger partial charge in [0.05, 0.1) is 23.5 Å². The van der Waals surface area contributed by atoms with E-state index in [2.05, 4.69) is 0 Å². The topological polar surface area (TPSA) is 110 Å². The van der Waals surface area contributed by atoms with Crippen LogP contribution in [0.3, 0.4) is 0 Å². The number of carboxylic acid groups (broad SMARTS) is 1. The van der Waals surface area contributed by atoms with Crippen molar-refractivity contribution < 1.29 is 32.6 Å². The molecule has 1 N–H and O–H groups in total. The second kappa shape index (κ2) is 9.61. The van der Waals surface area contributed by atoms with E-state index in [1.54, 1.807) is 39.0 Å². The van der Waals surface area contributed by atoms with Crippen LogP contribution in [-0.2, 0) is 30.8 Å². The van der Waals surface area contributed by atoms with Crippen molar-refractivity contribution >= 4 is 39.3 Å². The summed E-state index contributed by atoms with van der Waals surface area (Å²) in [5.41, 5.74) is 0.194. The van der Waals surface area contributed by atoms with Crippen LogP contribution < -0.4 is 9.04 Å². The van der Waals surface area contributed by atoms with Crippen molar-refractivity contribution in [2.75, 3.05) is 10.8 Å². The smallest absolute Gasteiger partial charge is 0.310 e. The minimum absolute atomic E-state index is 0.0364. The number of esters is 1. The Bertz CT molecular complexity index is 1140. The number of anilines is 1. The van der Waals surface area contributed by atoms with Crippen molar-refractivity contribution in [2.45, 2.75) is 56.6 Å². The van der Waals surface area contributed by atoms with Crippen molar-refractivity contribution in [2.24, 2.45) is 0 Å². The van der Waals surface area contributed by atoms with Crippen LogP contribution in [0.15, 0.2) is 47.4 Å². The number of halogens is 1. The highest BCUT2D eigenvalue weighted by molar-refractivity contribution is 7.92. The summed E-state index contributed by atoms with van der Waals surface area (Å²) in [5.74, 6) is -1.14. The quantitative estimate of drug-likeness (QED) is 0.577.